The Kier molecular flexibility index (Phi) is 3.03. The van der Waals surface area contributed by atoms with Crippen molar-refractivity contribution in [3.05, 3.63) is 35.6 Å². The van der Waals surface area contributed by atoms with E-state index in [1.54, 1.807) is 17.5 Å². The topological polar surface area (TPSA) is 51.8 Å². The molecule has 0 saturated carbocycles. The maximum absolute atomic E-state index is 5.97. The van der Waals surface area contributed by atoms with Crippen LogP contribution in [0, 0.1) is 0 Å². The van der Waals surface area contributed by atoms with E-state index in [1.165, 1.54) is 0 Å². The van der Waals surface area contributed by atoms with Gasteiger partial charge < -0.3 is 5.73 Å². The normalized spacial score (nSPS) is 11.7. The molecule has 4 heteroatoms. The zero-order valence-corrected chi connectivity index (χ0v) is 10.3. The van der Waals surface area contributed by atoms with Crippen molar-refractivity contribution in [2.24, 2.45) is 5.73 Å². The zero-order chi connectivity index (χ0) is 11.6. The van der Waals surface area contributed by atoms with Gasteiger partial charge in [-0.1, -0.05) is 0 Å². The second-order valence-corrected chi connectivity index (χ2v) is 5.41. The first-order valence-corrected chi connectivity index (χ1v) is 6.06. The largest absolute Gasteiger partial charge is 0.325 e. The van der Waals surface area contributed by atoms with Crippen LogP contribution in [0.3, 0.4) is 0 Å². The molecule has 0 amide bonds. The predicted octanol–water partition coefficient (Wildman–Crippen LogP) is 2.48. The molecule has 2 rings (SSSR count). The van der Waals surface area contributed by atoms with Gasteiger partial charge in [0.15, 0.2) is 0 Å². The van der Waals surface area contributed by atoms with Gasteiger partial charge in [-0.05, 0) is 26.0 Å². The number of hydrogen-bond acceptors (Lipinski definition) is 4. The number of aromatic nitrogens is 2. The minimum atomic E-state index is -0.208. The number of hydrogen-bond donors (Lipinski definition) is 1. The lowest BCUT2D eigenvalue weighted by Crippen LogP contribution is -2.34. The van der Waals surface area contributed by atoms with Crippen LogP contribution in [-0.4, -0.2) is 15.5 Å². The van der Waals surface area contributed by atoms with E-state index in [0.29, 0.717) is 0 Å². The Morgan fingerprint density at radius 1 is 1.44 bits per heavy atom. The number of pyridine rings is 1. The molecular weight excluding hydrogens is 218 g/mol. The van der Waals surface area contributed by atoms with Crippen LogP contribution >= 0.6 is 11.3 Å². The maximum Gasteiger partial charge on any atom is 0.125 e. The van der Waals surface area contributed by atoms with Crippen molar-refractivity contribution in [3.8, 4) is 10.6 Å². The van der Waals surface area contributed by atoms with Crippen molar-refractivity contribution >= 4 is 11.3 Å². The summed E-state index contributed by atoms with van der Waals surface area (Å²) in [6.07, 6.45) is 4.39. The lowest BCUT2D eigenvalue weighted by Gasteiger charge is -2.16. The highest BCUT2D eigenvalue weighted by Gasteiger charge is 2.14. The summed E-state index contributed by atoms with van der Waals surface area (Å²) < 4.78 is 0. The van der Waals surface area contributed by atoms with Gasteiger partial charge >= 0.3 is 0 Å². The summed E-state index contributed by atoms with van der Waals surface area (Å²) in [7, 11) is 0. The lowest BCUT2D eigenvalue weighted by atomic mass is 10.0. The van der Waals surface area contributed by atoms with Crippen molar-refractivity contribution in [1.82, 2.24) is 9.97 Å². The third-order valence-electron chi connectivity index (χ3n) is 2.10. The van der Waals surface area contributed by atoms with E-state index < -0.39 is 0 Å². The lowest BCUT2D eigenvalue weighted by molar-refractivity contribution is 0.511. The van der Waals surface area contributed by atoms with Gasteiger partial charge in [0.05, 0.1) is 5.69 Å². The Balaban J connectivity index is 2.21. The maximum atomic E-state index is 5.97. The summed E-state index contributed by atoms with van der Waals surface area (Å²) in [4.78, 5) is 8.65. The van der Waals surface area contributed by atoms with Crippen molar-refractivity contribution in [1.29, 1.82) is 0 Å². The number of thiazole rings is 1. The molecule has 0 aromatic carbocycles. The Bertz CT molecular complexity index is 457. The molecule has 16 heavy (non-hydrogen) atoms. The van der Waals surface area contributed by atoms with Gasteiger partial charge in [-0.2, -0.15) is 0 Å². The second-order valence-electron chi connectivity index (χ2n) is 4.55. The van der Waals surface area contributed by atoms with Crippen LogP contribution in [0.2, 0.25) is 0 Å². The van der Waals surface area contributed by atoms with Gasteiger partial charge in [0.2, 0.25) is 0 Å². The molecule has 0 atom stereocenters. The molecule has 0 fully saturated rings. The average molecular weight is 233 g/mol. The van der Waals surface area contributed by atoms with Crippen LogP contribution < -0.4 is 5.73 Å². The third-order valence-corrected chi connectivity index (χ3v) is 3.04. The summed E-state index contributed by atoms with van der Waals surface area (Å²) in [6, 6.07) is 3.94. The van der Waals surface area contributed by atoms with Crippen LogP contribution in [0.4, 0.5) is 0 Å². The summed E-state index contributed by atoms with van der Waals surface area (Å²) >= 11 is 1.64. The quantitative estimate of drug-likeness (QED) is 0.886. The van der Waals surface area contributed by atoms with E-state index in [9.17, 15) is 0 Å². The summed E-state index contributed by atoms with van der Waals surface area (Å²) in [5.41, 5.74) is 7.88. The molecule has 0 spiro atoms. The molecule has 2 heterocycles. The van der Waals surface area contributed by atoms with Gasteiger partial charge in [-0.25, -0.2) is 4.98 Å². The van der Waals surface area contributed by atoms with Crippen molar-refractivity contribution in [3.63, 3.8) is 0 Å². The smallest absolute Gasteiger partial charge is 0.125 e. The molecule has 0 saturated heterocycles. The van der Waals surface area contributed by atoms with E-state index in [4.69, 9.17) is 5.73 Å². The van der Waals surface area contributed by atoms with Crippen molar-refractivity contribution in [2.75, 3.05) is 0 Å². The first-order valence-electron chi connectivity index (χ1n) is 5.18. The molecule has 0 aliphatic rings. The molecule has 0 bridgehead atoms. The Hall–Kier alpha value is -1.26. The van der Waals surface area contributed by atoms with Gasteiger partial charge in [0.1, 0.15) is 5.01 Å². The minimum Gasteiger partial charge on any atom is -0.325 e. The van der Waals surface area contributed by atoms with Crippen molar-refractivity contribution < 1.29 is 0 Å². The van der Waals surface area contributed by atoms with Crippen LogP contribution in [0.25, 0.3) is 10.6 Å². The summed E-state index contributed by atoms with van der Waals surface area (Å²) in [5, 5.41) is 3.07. The van der Waals surface area contributed by atoms with Crippen LogP contribution in [0.1, 0.15) is 19.5 Å². The first-order chi connectivity index (χ1) is 7.54. The molecule has 0 aliphatic carbocycles. The fourth-order valence-electron chi connectivity index (χ4n) is 1.48. The highest BCUT2D eigenvalue weighted by molar-refractivity contribution is 7.13. The summed E-state index contributed by atoms with van der Waals surface area (Å²) in [6.45, 7) is 4.02. The van der Waals surface area contributed by atoms with E-state index in [1.807, 2.05) is 32.2 Å². The van der Waals surface area contributed by atoms with E-state index in [2.05, 4.69) is 15.3 Å². The van der Waals surface area contributed by atoms with E-state index in [-0.39, 0.29) is 5.54 Å². The highest BCUT2D eigenvalue weighted by atomic mass is 32.1. The van der Waals surface area contributed by atoms with Gasteiger partial charge in [0, 0.05) is 35.3 Å². The first kappa shape index (κ1) is 11.2. The van der Waals surface area contributed by atoms with Gasteiger partial charge in [-0.3, -0.25) is 4.98 Å². The Morgan fingerprint density at radius 2 is 2.25 bits per heavy atom. The number of nitrogens with zero attached hydrogens (tertiary/aromatic N) is 2. The van der Waals surface area contributed by atoms with Gasteiger partial charge in [-0.15, -0.1) is 11.3 Å². The molecule has 0 radical (unpaired) electrons. The average Bonchev–Trinajstić information content (AvgIpc) is 2.65. The third kappa shape index (κ3) is 2.87. The fourth-order valence-corrected chi connectivity index (χ4v) is 2.29. The molecular formula is C12H15N3S. The van der Waals surface area contributed by atoms with Crippen LogP contribution in [0.5, 0.6) is 0 Å². The summed E-state index contributed by atoms with van der Waals surface area (Å²) in [5.74, 6) is 0. The standard InChI is InChI=1S/C12H15N3S/c1-12(2,13)6-10-8-16-11(15-10)9-4-3-5-14-7-9/h3-5,7-8H,6,13H2,1-2H3. The number of rotatable bonds is 3. The van der Waals surface area contributed by atoms with E-state index in [0.717, 1.165) is 22.7 Å². The molecule has 3 nitrogen and oxygen atoms in total. The second kappa shape index (κ2) is 4.31. The van der Waals surface area contributed by atoms with E-state index >= 15 is 0 Å². The monoisotopic (exact) mass is 233 g/mol. The molecule has 0 aliphatic heterocycles. The molecule has 2 aromatic heterocycles. The minimum absolute atomic E-state index is 0.208. The highest BCUT2D eigenvalue weighted by Crippen LogP contribution is 2.23. The molecule has 2 N–H and O–H groups in total. The Labute approximate surface area is 99.4 Å². The molecule has 84 valence electrons. The van der Waals surface area contributed by atoms with Crippen molar-refractivity contribution in [2.45, 2.75) is 25.8 Å². The predicted molar refractivity (Wildman–Crippen MR) is 67.3 cm³/mol. The molecule has 2 aromatic rings. The Morgan fingerprint density at radius 3 is 2.88 bits per heavy atom. The number of nitrogens with two attached hydrogens (primary N) is 1. The SMILES string of the molecule is CC(C)(N)Cc1csc(-c2cccnc2)n1. The molecule has 0 unspecified atom stereocenters. The van der Waals surface area contributed by atoms with Crippen LogP contribution in [0.15, 0.2) is 29.9 Å². The van der Waals surface area contributed by atoms with Crippen LogP contribution in [-0.2, 0) is 6.42 Å². The fraction of sp³-hybridized carbons (Fsp3) is 0.333. The van der Waals surface area contributed by atoms with Gasteiger partial charge in [0.25, 0.3) is 0 Å². The zero-order valence-electron chi connectivity index (χ0n) is 9.47.